The minimum absolute atomic E-state index is 0.709. The Balaban J connectivity index is 1.67. The summed E-state index contributed by atoms with van der Waals surface area (Å²) >= 11 is 5.97. The van der Waals surface area contributed by atoms with E-state index in [1.54, 1.807) is 0 Å². The highest BCUT2D eigenvalue weighted by atomic mass is 35.5. The third-order valence-electron chi connectivity index (χ3n) is 4.34. The molecule has 4 heteroatoms. The van der Waals surface area contributed by atoms with Crippen LogP contribution in [-0.2, 0) is 0 Å². The molecule has 2 heterocycles. The lowest BCUT2D eigenvalue weighted by atomic mass is 10.0. The quantitative estimate of drug-likeness (QED) is 0.784. The van der Waals surface area contributed by atoms with Crippen LogP contribution in [0.15, 0.2) is 22.6 Å². The molecule has 18 heavy (non-hydrogen) atoms. The number of nitrogens with zero attached hydrogens (tertiary/aromatic N) is 2. The topological polar surface area (TPSA) is 29.3 Å². The van der Waals surface area contributed by atoms with E-state index >= 15 is 0 Å². The number of aromatic nitrogens is 1. The van der Waals surface area contributed by atoms with Gasteiger partial charge in [-0.25, -0.2) is 0 Å². The van der Waals surface area contributed by atoms with Gasteiger partial charge in [0.15, 0.2) is 5.58 Å². The highest BCUT2D eigenvalue weighted by Gasteiger charge is 2.37. The normalized spacial score (nSPS) is 27.1. The SMILES string of the molecule is Clc1ccc2oc(N3CC4CCCC4C3)nc2c1. The van der Waals surface area contributed by atoms with Gasteiger partial charge in [0.2, 0.25) is 0 Å². The lowest BCUT2D eigenvalue weighted by Gasteiger charge is -2.13. The average molecular weight is 263 g/mol. The number of rotatable bonds is 1. The fourth-order valence-electron chi connectivity index (χ4n) is 3.41. The standard InChI is InChI=1S/C14H15ClN2O/c15-11-4-5-13-12(6-11)16-14(18-13)17-7-9-2-1-3-10(9)8-17/h4-6,9-10H,1-3,7-8H2. The number of hydrogen-bond donors (Lipinski definition) is 0. The van der Waals surface area contributed by atoms with E-state index in [2.05, 4.69) is 9.88 Å². The molecule has 1 saturated carbocycles. The van der Waals surface area contributed by atoms with Gasteiger partial charge in [0.25, 0.3) is 6.01 Å². The first-order valence-electron chi connectivity index (χ1n) is 6.60. The van der Waals surface area contributed by atoms with Crippen LogP contribution in [0.5, 0.6) is 0 Å². The molecule has 0 bridgehead atoms. The van der Waals surface area contributed by atoms with Gasteiger partial charge in [0.1, 0.15) is 5.52 Å². The van der Waals surface area contributed by atoms with Crippen LogP contribution in [0.4, 0.5) is 6.01 Å². The van der Waals surface area contributed by atoms with E-state index in [9.17, 15) is 0 Å². The molecule has 1 aliphatic heterocycles. The second-order valence-corrected chi connectivity index (χ2v) is 5.90. The van der Waals surface area contributed by atoms with Gasteiger partial charge in [0.05, 0.1) is 0 Å². The van der Waals surface area contributed by atoms with Crippen molar-refractivity contribution in [3.63, 3.8) is 0 Å². The lowest BCUT2D eigenvalue weighted by molar-refractivity contribution is 0.494. The molecule has 0 radical (unpaired) electrons. The van der Waals surface area contributed by atoms with Crippen molar-refractivity contribution >= 4 is 28.7 Å². The van der Waals surface area contributed by atoms with Crippen LogP contribution in [0.2, 0.25) is 5.02 Å². The van der Waals surface area contributed by atoms with Crippen LogP contribution < -0.4 is 4.90 Å². The fraction of sp³-hybridized carbons (Fsp3) is 0.500. The van der Waals surface area contributed by atoms with Crippen LogP contribution >= 0.6 is 11.6 Å². The molecular weight excluding hydrogens is 248 g/mol. The molecule has 2 fully saturated rings. The number of halogens is 1. The van der Waals surface area contributed by atoms with Crippen LogP contribution in [0.25, 0.3) is 11.1 Å². The van der Waals surface area contributed by atoms with Crippen molar-refractivity contribution in [3.8, 4) is 0 Å². The molecule has 2 unspecified atom stereocenters. The van der Waals surface area contributed by atoms with Gasteiger partial charge in [-0.2, -0.15) is 4.98 Å². The van der Waals surface area contributed by atoms with Gasteiger partial charge < -0.3 is 9.32 Å². The molecule has 1 aromatic heterocycles. The molecule has 1 saturated heterocycles. The Labute approximate surface area is 111 Å². The van der Waals surface area contributed by atoms with Gasteiger partial charge in [0, 0.05) is 18.1 Å². The zero-order chi connectivity index (χ0) is 12.1. The van der Waals surface area contributed by atoms with Crippen LogP contribution in [-0.4, -0.2) is 18.1 Å². The molecule has 2 atom stereocenters. The smallest absolute Gasteiger partial charge is 0.298 e. The van der Waals surface area contributed by atoms with Crippen LogP contribution in [0.3, 0.4) is 0 Å². The maximum absolute atomic E-state index is 5.97. The van der Waals surface area contributed by atoms with Crippen LogP contribution in [0.1, 0.15) is 19.3 Å². The maximum Gasteiger partial charge on any atom is 0.298 e. The van der Waals surface area contributed by atoms with Gasteiger partial charge >= 0.3 is 0 Å². The van der Waals surface area contributed by atoms with Crippen molar-refractivity contribution in [2.24, 2.45) is 11.8 Å². The molecule has 3 nitrogen and oxygen atoms in total. The number of oxazole rings is 1. The molecule has 0 amide bonds. The third kappa shape index (κ3) is 1.61. The third-order valence-corrected chi connectivity index (χ3v) is 4.57. The molecule has 2 aromatic rings. The molecule has 1 aromatic carbocycles. The highest BCUT2D eigenvalue weighted by molar-refractivity contribution is 6.31. The summed E-state index contributed by atoms with van der Waals surface area (Å²) in [5.41, 5.74) is 1.68. The van der Waals surface area contributed by atoms with Crippen molar-refractivity contribution in [3.05, 3.63) is 23.2 Å². The monoisotopic (exact) mass is 262 g/mol. The van der Waals surface area contributed by atoms with Crippen molar-refractivity contribution in [2.75, 3.05) is 18.0 Å². The average Bonchev–Trinajstić information content (AvgIpc) is 2.99. The summed E-state index contributed by atoms with van der Waals surface area (Å²) in [5, 5.41) is 0.709. The van der Waals surface area contributed by atoms with Gasteiger partial charge in [-0.15, -0.1) is 0 Å². The van der Waals surface area contributed by atoms with Crippen molar-refractivity contribution < 1.29 is 4.42 Å². The number of anilines is 1. The summed E-state index contributed by atoms with van der Waals surface area (Å²) in [4.78, 5) is 6.85. The summed E-state index contributed by atoms with van der Waals surface area (Å²) < 4.78 is 5.83. The molecule has 2 aliphatic rings. The van der Waals surface area contributed by atoms with E-state index < -0.39 is 0 Å². The number of hydrogen-bond acceptors (Lipinski definition) is 3. The predicted molar refractivity (Wildman–Crippen MR) is 72.1 cm³/mol. The molecular formula is C14H15ClN2O. The van der Waals surface area contributed by atoms with E-state index in [-0.39, 0.29) is 0 Å². The number of fused-ring (bicyclic) bond motifs is 2. The molecule has 94 valence electrons. The second-order valence-electron chi connectivity index (χ2n) is 5.46. The zero-order valence-electron chi connectivity index (χ0n) is 10.1. The predicted octanol–water partition coefficient (Wildman–Crippen LogP) is 3.72. The minimum Gasteiger partial charge on any atom is -0.423 e. The number of benzene rings is 1. The summed E-state index contributed by atoms with van der Waals surface area (Å²) in [6.45, 7) is 2.20. The van der Waals surface area contributed by atoms with Crippen LogP contribution in [0, 0.1) is 11.8 Å². The summed E-state index contributed by atoms with van der Waals surface area (Å²) in [7, 11) is 0. The Morgan fingerprint density at radius 1 is 1.22 bits per heavy atom. The Morgan fingerprint density at radius 3 is 2.78 bits per heavy atom. The van der Waals surface area contributed by atoms with E-state index in [1.165, 1.54) is 19.3 Å². The molecule has 4 rings (SSSR count). The van der Waals surface area contributed by atoms with E-state index in [0.717, 1.165) is 42.0 Å². The van der Waals surface area contributed by atoms with Gasteiger partial charge in [-0.1, -0.05) is 18.0 Å². The Morgan fingerprint density at radius 2 is 2.00 bits per heavy atom. The Bertz CT molecular complexity index is 582. The van der Waals surface area contributed by atoms with Crippen molar-refractivity contribution in [1.29, 1.82) is 0 Å². The minimum atomic E-state index is 0.709. The first-order chi connectivity index (χ1) is 8.79. The molecule has 1 aliphatic carbocycles. The van der Waals surface area contributed by atoms with E-state index in [0.29, 0.717) is 5.02 Å². The van der Waals surface area contributed by atoms with E-state index in [4.69, 9.17) is 16.0 Å². The Hall–Kier alpha value is -1.22. The second kappa shape index (κ2) is 3.89. The van der Waals surface area contributed by atoms with Crippen molar-refractivity contribution in [2.45, 2.75) is 19.3 Å². The maximum atomic E-state index is 5.97. The molecule has 0 spiro atoms. The summed E-state index contributed by atoms with van der Waals surface area (Å²) in [6.07, 6.45) is 4.13. The van der Waals surface area contributed by atoms with E-state index in [1.807, 2.05) is 18.2 Å². The largest absolute Gasteiger partial charge is 0.423 e. The lowest BCUT2D eigenvalue weighted by Crippen LogP contribution is -2.20. The highest BCUT2D eigenvalue weighted by Crippen LogP contribution is 2.39. The first-order valence-corrected chi connectivity index (χ1v) is 6.98. The summed E-state index contributed by atoms with van der Waals surface area (Å²) in [6, 6.07) is 6.37. The van der Waals surface area contributed by atoms with Gasteiger partial charge in [-0.3, -0.25) is 0 Å². The molecule has 0 N–H and O–H groups in total. The zero-order valence-corrected chi connectivity index (χ0v) is 10.9. The van der Waals surface area contributed by atoms with Gasteiger partial charge in [-0.05, 0) is 42.9 Å². The summed E-state index contributed by atoms with van der Waals surface area (Å²) in [5.74, 6) is 1.70. The first kappa shape index (κ1) is 10.7. The Kier molecular flexibility index (Phi) is 2.31. The fourth-order valence-corrected chi connectivity index (χ4v) is 3.58. The van der Waals surface area contributed by atoms with Crippen molar-refractivity contribution in [1.82, 2.24) is 4.98 Å².